The molecular formula is C17H13N3S. The second kappa shape index (κ2) is 4.90. The molecule has 0 fully saturated rings. The van der Waals surface area contributed by atoms with Crippen LogP contribution in [0.2, 0.25) is 0 Å². The van der Waals surface area contributed by atoms with E-state index in [0.29, 0.717) is 6.54 Å². The van der Waals surface area contributed by atoms with Gasteiger partial charge in [0.15, 0.2) is 0 Å². The van der Waals surface area contributed by atoms with Crippen LogP contribution >= 0.6 is 12.6 Å². The minimum atomic E-state index is 0.671. The molecule has 4 heteroatoms. The van der Waals surface area contributed by atoms with Crippen molar-refractivity contribution in [3.63, 3.8) is 0 Å². The van der Waals surface area contributed by atoms with Crippen LogP contribution in [0.15, 0.2) is 65.6 Å². The van der Waals surface area contributed by atoms with E-state index in [1.807, 2.05) is 41.1 Å². The molecule has 0 N–H and O–H groups in total. The van der Waals surface area contributed by atoms with E-state index in [4.69, 9.17) is 12.6 Å². The summed E-state index contributed by atoms with van der Waals surface area (Å²) in [7, 11) is 0. The Bertz CT molecular complexity index is 943. The van der Waals surface area contributed by atoms with Crippen molar-refractivity contribution >= 4 is 34.4 Å². The molecule has 3 nitrogen and oxygen atoms in total. The van der Waals surface area contributed by atoms with Crippen LogP contribution in [0, 0.1) is 0 Å². The van der Waals surface area contributed by atoms with Gasteiger partial charge in [0.2, 0.25) is 0 Å². The Morgan fingerprint density at radius 2 is 1.71 bits per heavy atom. The predicted octanol–water partition coefficient (Wildman–Crippen LogP) is 3.92. The Labute approximate surface area is 127 Å². The van der Waals surface area contributed by atoms with Gasteiger partial charge < -0.3 is 0 Å². The molecule has 0 aliphatic rings. The molecule has 0 unspecified atom stereocenters. The van der Waals surface area contributed by atoms with Gasteiger partial charge in [-0.1, -0.05) is 53.7 Å². The Kier molecular flexibility index (Phi) is 2.89. The van der Waals surface area contributed by atoms with E-state index in [0.717, 1.165) is 21.5 Å². The molecule has 21 heavy (non-hydrogen) atoms. The van der Waals surface area contributed by atoms with Crippen molar-refractivity contribution in [2.75, 3.05) is 0 Å². The number of rotatable bonds is 2. The zero-order valence-corrected chi connectivity index (χ0v) is 12.2. The van der Waals surface area contributed by atoms with Crippen LogP contribution in [0.4, 0.5) is 0 Å². The zero-order valence-electron chi connectivity index (χ0n) is 11.3. The maximum atomic E-state index is 4.71. The first-order chi connectivity index (χ1) is 10.3. The molecule has 0 aliphatic carbocycles. The van der Waals surface area contributed by atoms with Crippen molar-refractivity contribution in [2.24, 2.45) is 0 Å². The fraction of sp³-hybridized carbons (Fsp3) is 0.0588. The Hall–Kier alpha value is -2.33. The Morgan fingerprint density at radius 1 is 0.905 bits per heavy atom. The summed E-state index contributed by atoms with van der Waals surface area (Å²) in [5.41, 5.74) is 3.10. The minimum absolute atomic E-state index is 0.671. The van der Waals surface area contributed by atoms with Crippen molar-refractivity contribution in [1.82, 2.24) is 15.0 Å². The van der Waals surface area contributed by atoms with E-state index < -0.39 is 0 Å². The summed E-state index contributed by atoms with van der Waals surface area (Å²) in [4.78, 5) is 1.01. The summed E-state index contributed by atoms with van der Waals surface area (Å²) < 4.78 is 1.92. The van der Waals surface area contributed by atoms with Crippen LogP contribution in [0.25, 0.3) is 21.8 Å². The maximum Gasteiger partial charge on any atom is 0.113 e. The van der Waals surface area contributed by atoms with Gasteiger partial charge in [0, 0.05) is 4.90 Å². The lowest BCUT2D eigenvalue weighted by Gasteiger charge is -2.09. The van der Waals surface area contributed by atoms with Gasteiger partial charge in [-0.2, -0.15) is 0 Å². The van der Waals surface area contributed by atoms with Gasteiger partial charge in [0.1, 0.15) is 5.52 Å². The summed E-state index contributed by atoms with van der Waals surface area (Å²) >= 11 is 4.71. The topological polar surface area (TPSA) is 30.7 Å². The van der Waals surface area contributed by atoms with Crippen molar-refractivity contribution in [1.29, 1.82) is 0 Å². The van der Waals surface area contributed by atoms with Crippen LogP contribution in [-0.4, -0.2) is 15.0 Å². The first-order valence-electron chi connectivity index (χ1n) is 6.81. The summed E-state index contributed by atoms with van der Waals surface area (Å²) in [6.45, 7) is 0.671. The molecule has 0 saturated carbocycles. The second-order valence-electron chi connectivity index (χ2n) is 5.03. The van der Waals surface area contributed by atoms with E-state index in [9.17, 15) is 0 Å². The van der Waals surface area contributed by atoms with E-state index in [-0.39, 0.29) is 0 Å². The lowest BCUT2D eigenvalue weighted by atomic mass is 10.1. The van der Waals surface area contributed by atoms with E-state index >= 15 is 0 Å². The van der Waals surface area contributed by atoms with E-state index in [1.54, 1.807) is 0 Å². The molecule has 0 spiro atoms. The number of para-hydroxylation sites is 1. The van der Waals surface area contributed by atoms with Gasteiger partial charge in [-0.05, 0) is 28.5 Å². The molecule has 0 radical (unpaired) electrons. The number of hydrogen-bond donors (Lipinski definition) is 1. The smallest absolute Gasteiger partial charge is 0.113 e. The molecule has 0 aliphatic heterocycles. The predicted molar refractivity (Wildman–Crippen MR) is 87.8 cm³/mol. The lowest BCUT2D eigenvalue weighted by molar-refractivity contribution is 0.664. The molecule has 0 amide bonds. The number of nitrogens with zero attached hydrogens (tertiary/aromatic N) is 3. The number of fused-ring (bicyclic) bond motifs is 2. The quantitative estimate of drug-likeness (QED) is 0.567. The molecule has 0 bridgehead atoms. The van der Waals surface area contributed by atoms with Gasteiger partial charge >= 0.3 is 0 Å². The highest BCUT2D eigenvalue weighted by molar-refractivity contribution is 7.80. The summed E-state index contributed by atoms with van der Waals surface area (Å²) in [6.07, 6.45) is 0. The molecule has 102 valence electrons. The average molecular weight is 291 g/mol. The average Bonchev–Trinajstić information content (AvgIpc) is 2.94. The van der Waals surface area contributed by atoms with Crippen LogP contribution in [-0.2, 0) is 6.54 Å². The largest absolute Gasteiger partial charge is 0.240 e. The van der Waals surface area contributed by atoms with Crippen molar-refractivity contribution in [3.8, 4) is 0 Å². The summed E-state index contributed by atoms with van der Waals surface area (Å²) in [6, 6.07) is 20.5. The number of hydrogen-bond acceptors (Lipinski definition) is 3. The Morgan fingerprint density at radius 3 is 2.67 bits per heavy atom. The fourth-order valence-electron chi connectivity index (χ4n) is 2.62. The number of aromatic nitrogens is 3. The highest BCUT2D eigenvalue weighted by Crippen LogP contribution is 2.26. The monoisotopic (exact) mass is 291 g/mol. The van der Waals surface area contributed by atoms with Crippen LogP contribution in [0.1, 0.15) is 5.56 Å². The highest BCUT2D eigenvalue weighted by Gasteiger charge is 2.08. The second-order valence-corrected chi connectivity index (χ2v) is 5.48. The zero-order chi connectivity index (χ0) is 14.2. The molecule has 1 aromatic heterocycles. The van der Waals surface area contributed by atoms with Crippen LogP contribution in [0.5, 0.6) is 0 Å². The van der Waals surface area contributed by atoms with E-state index in [1.165, 1.54) is 10.8 Å². The summed E-state index contributed by atoms with van der Waals surface area (Å²) in [5.74, 6) is 0. The van der Waals surface area contributed by atoms with Crippen molar-refractivity contribution < 1.29 is 0 Å². The third-order valence-electron chi connectivity index (χ3n) is 3.72. The van der Waals surface area contributed by atoms with Gasteiger partial charge in [-0.3, -0.25) is 0 Å². The molecular weight excluding hydrogens is 278 g/mol. The molecule has 4 rings (SSSR count). The molecule has 1 heterocycles. The number of benzene rings is 3. The number of thiol groups is 1. The van der Waals surface area contributed by atoms with Gasteiger partial charge in [-0.25, -0.2) is 4.68 Å². The molecule has 4 aromatic rings. The maximum absolute atomic E-state index is 4.71. The SMILES string of the molecule is Sc1c(Cn2nnc3ccccc32)ccc2ccccc12. The molecule has 0 atom stereocenters. The third-order valence-corrected chi connectivity index (χ3v) is 4.25. The van der Waals surface area contributed by atoms with Gasteiger partial charge in [-0.15, -0.1) is 17.7 Å². The van der Waals surface area contributed by atoms with Crippen LogP contribution in [0.3, 0.4) is 0 Å². The molecule has 3 aromatic carbocycles. The Balaban J connectivity index is 1.82. The molecule has 0 saturated heterocycles. The van der Waals surface area contributed by atoms with Crippen LogP contribution < -0.4 is 0 Å². The first-order valence-corrected chi connectivity index (χ1v) is 7.25. The van der Waals surface area contributed by atoms with E-state index in [2.05, 4.69) is 34.6 Å². The minimum Gasteiger partial charge on any atom is -0.240 e. The normalized spacial score (nSPS) is 11.3. The van der Waals surface area contributed by atoms with Gasteiger partial charge in [0.25, 0.3) is 0 Å². The standard InChI is InChI=1S/C17H13N3S/c21-17-13(10-9-12-5-1-2-6-14(12)17)11-20-16-8-4-3-7-15(16)18-19-20/h1-10,21H,11H2. The highest BCUT2D eigenvalue weighted by atomic mass is 32.1. The first kappa shape index (κ1) is 12.4. The van der Waals surface area contributed by atoms with Crippen molar-refractivity contribution in [3.05, 3.63) is 66.2 Å². The third kappa shape index (κ3) is 2.08. The van der Waals surface area contributed by atoms with Crippen molar-refractivity contribution in [2.45, 2.75) is 11.4 Å². The van der Waals surface area contributed by atoms with Gasteiger partial charge in [0.05, 0.1) is 12.1 Å². The fourth-order valence-corrected chi connectivity index (χ4v) is 2.97. The lowest BCUT2D eigenvalue weighted by Crippen LogP contribution is -2.02. The summed E-state index contributed by atoms with van der Waals surface area (Å²) in [5, 5.41) is 10.8.